The molecule has 14 nitrogen and oxygen atoms in total. The summed E-state index contributed by atoms with van der Waals surface area (Å²) >= 11 is 0. The lowest BCUT2D eigenvalue weighted by Crippen LogP contribution is -2.59. The van der Waals surface area contributed by atoms with Crippen molar-refractivity contribution in [3.05, 3.63) is 95.1 Å². The number of carbonyl (C=O) groups is 6. The predicted octanol–water partition coefficient (Wildman–Crippen LogP) is 4.02. The van der Waals surface area contributed by atoms with Gasteiger partial charge in [0.25, 0.3) is 0 Å². The van der Waals surface area contributed by atoms with Crippen molar-refractivity contribution in [2.24, 2.45) is 0 Å². The van der Waals surface area contributed by atoms with Crippen LogP contribution in [0.25, 0.3) is 11.1 Å². The normalized spacial score (nSPS) is 21.0. The van der Waals surface area contributed by atoms with Crippen molar-refractivity contribution in [2.75, 3.05) is 13.2 Å². The Morgan fingerprint density at radius 1 is 0.673 bits per heavy atom. The molecule has 3 aromatic carbocycles. The van der Waals surface area contributed by atoms with E-state index in [1.165, 1.54) is 6.92 Å². The summed E-state index contributed by atoms with van der Waals surface area (Å²) < 4.78 is 33.3. The van der Waals surface area contributed by atoms with Gasteiger partial charge in [-0.3, -0.25) is 19.2 Å². The van der Waals surface area contributed by atoms with Crippen molar-refractivity contribution in [3.8, 4) is 11.1 Å². The van der Waals surface area contributed by atoms with Crippen molar-refractivity contribution in [3.63, 3.8) is 0 Å². The van der Waals surface area contributed by atoms with Gasteiger partial charge in [-0.25, -0.2) is 9.59 Å². The van der Waals surface area contributed by atoms with Crippen LogP contribution in [0.3, 0.4) is 0 Å². The van der Waals surface area contributed by atoms with Crippen molar-refractivity contribution in [1.29, 1.82) is 0 Å². The molecule has 3 aromatic rings. The third kappa shape index (κ3) is 8.93. The number of fused-ring (bicyclic) bond motifs is 3. The first-order chi connectivity index (χ1) is 24.8. The highest BCUT2D eigenvalue weighted by Gasteiger charge is 2.52. The highest BCUT2D eigenvalue weighted by Crippen LogP contribution is 2.44. The summed E-state index contributed by atoms with van der Waals surface area (Å²) in [6, 6.07) is 20.7. The van der Waals surface area contributed by atoms with Crippen LogP contribution in [0.15, 0.2) is 72.8 Å². The SMILES string of the molecule is CC(=O)OC[C@H]1O[C@@H](c2ccc(C[C@H](NC(=O)OCC3c4ccccc4-c4ccccc43)C(=O)O)cc2)[C@H](OC(C)=O)[C@@H](OC(C)=O)[C@@H]1OC(C)=O. The van der Waals surface area contributed by atoms with Gasteiger partial charge in [-0.05, 0) is 33.4 Å². The van der Waals surface area contributed by atoms with E-state index in [1.807, 2.05) is 48.5 Å². The molecule has 0 radical (unpaired) electrons. The minimum Gasteiger partial charge on any atom is -0.480 e. The number of amides is 1. The first-order valence-electron chi connectivity index (χ1n) is 16.6. The van der Waals surface area contributed by atoms with Crippen LogP contribution in [-0.4, -0.2) is 84.7 Å². The molecule has 1 saturated heterocycles. The van der Waals surface area contributed by atoms with Crippen LogP contribution >= 0.6 is 0 Å². The summed E-state index contributed by atoms with van der Waals surface area (Å²) in [6.45, 7) is 4.22. The van der Waals surface area contributed by atoms with Gasteiger partial charge >= 0.3 is 35.9 Å². The molecule has 0 saturated carbocycles. The number of hydrogen-bond donors (Lipinski definition) is 2. The van der Waals surface area contributed by atoms with Crippen LogP contribution in [0.2, 0.25) is 0 Å². The standard InChI is InChI=1S/C38H39NO13/c1-20(40)47-19-32-34(49-21(2)41)36(51-23(4)43)35(50-22(3)42)33(52-32)25-15-13-24(14-16-25)17-31(37(44)45)39-38(46)48-18-30-28-11-7-5-9-26(28)27-10-6-8-12-29(27)30/h5-16,30-36H,17-19H2,1-4H3,(H,39,46)(H,44,45)/t31-,32+,33-,34+,35-,36-/m0/s1. The molecule has 0 bridgehead atoms. The van der Waals surface area contributed by atoms with Crippen molar-refractivity contribution < 1.29 is 62.3 Å². The summed E-state index contributed by atoms with van der Waals surface area (Å²) in [5.41, 5.74) is 5.08. The minimum absolute atomic E-state index is 0.0108. The topological polar surface area (TPSA) is 190 Å². The van der Waals surface area contributed by atoms with Crippen LogP contribution < -0.4 is 5.32 Å². The Labute approximate surface area is 299 Å². The maximum absolute atomic E-state index is 12.9. The highest BCUT2D eigenvalue weighted by molar-refractivity contribution is 5.81. The van der Waals surface area contributed by atoms with Crippen LogP contribution in [0.5, 0.6) is 0 Å². The lowest BCUT2D eigenvalue weighted by molar-refractivity contribution is -0.254. The first kappa shape index (κ1) is 37.5. The van der Waals surface area contributed by atoms with Crippen LogP contribution in [-0.2, 0) is 58.8 Å². The molecular formula is C38H39NO13. The molecule has 14 heteroatoms. The number of carboxylic acids is 1. The smallest absolute Gasteiger partial charge is 0.407 e. The summed E-state index contributed by atoms with van der Waals surface area (Å²) in [6.07, 6.45) is -7.19. The Morgan fingerprint density at radius 2 is 1.21 bits per heavy atom. The third-order valence-corrected chi connectivity index (χ3v) is 8.67. The van der Waals surface area contributed by atoms with Gasteiger partial charge in [-0.15, -0.1) is 0 Å². The lowest BCUT2D eigenvalue weighted by Gasteiger charge is -2.44. The summed E-state index contributed by atoms with van der Waals surface area (Å²) in [4.78, 5) is 73.1. The highest BCUT2D eigenvalue weighted by atomic mass is 16.7. The molecule has 1 aliphatic carbocycles. The second-order valence-corrected chi connectivity index (χ2v) is 12.4. The van der Waals surface area contributed by atoms with Gasteiger partial charge < -0.3 is 38.8 Å². The van der Waals surface area contributed by atoms with Crippen LogP contribution in [0.1, 0.15) is 62.0 Å². The van der Waals surface area contributed by atoms with E-state index in [4.69, 9.17) is 28.4 Å². The minimum atomic E-state index is -1.35. The molecule has 5 rings (SSSR count). The van der Waals surface area contributed by atoms with E-state index in [0.717, 1.165) is 43.0 Å². The monoisotopic (exact) mass is 717 g/mol. The average molecular weight is 718 g/mol. The molecule has 1 fully saturated rings. The Hall–Kier alpha value is -5.76. The second-order valence-electron chi connectivity index (χ2n) is 12.4. The number of carbonyl (C=O) groups excluding carboxylic acids is 5. The van der Waals surface area contributed by atoms with Gasteiger partial charge in [0.05, 0.1) is 0 Å². The number of nitrogens with one attached hydrogen (secondary N) is 1. The Morgan fingerprint density at radius 3 is 1.75 bits per heavy atom. The fraction of sp³-hybridized carbons (Fsp3) is 0.368. The third-order valence-electron chi connectivity index (χ3n) is 8.67. The number of hydrogen-bond acceptors (Lipinski definition) is 12. The molecule has 1 amide bonds. The van der Waals surface area contributed by atoms with Gasteiger partial charge in [-0.2, -0.15) is 0 Å². The number of carboxylic acid groups (broad SMARTS) is 1. The molecule has 2 aliphatic rings. The average Bonchev–Trinajstić information content (AvgIpc) is 3.41. The van der Waals surface area contributed by atoms with Gasteiger partial charge in [-0.1, -0.05) is 72.8 Å². The van der Waals surface area contributed by atoms with Gasteiger partial charge in [0.1, 0.15) is 31.5 Å². The molecular weight excluding hydrogens is 678 g/mol. The molecule has 274 valence electrons. The number of ether oxygens (including phenoxy) is 6. The van der Waals surface area contributed by atoms with Gasteiger partial charge in [0.2, 0.25) is 0 Å². The molecule has 6 atom stereocenters. The van der Waals surface area contributed by atoms with Crippen molar-refractivity contribution in [1.82, 2.24) is 5.32 Å². The van der Waals surface area contributed by atoms with E-state index < -0.39 is 72.5 Å². The van der Waals surface area contributed by atoms with Crippen molar-refractivity contribution in [2.45, 2.75) is 76.6 Å². The Kier molecular flexibility index (Phi) is 11.9. The number of rotatable bonds is 12. The Balaban J connectivity index is 1.30. The van der Waals surface area contributed by atoms with Gasteiger partial charge in [0, 0.05) is 40.0 Å². The zero-order valence-electron chi connectivity index (χ0n) is 28.9. The van der Waals surface area contributed by atoms with E-state index in [1.54, 1.807) is 24.3 Å². The summed E-state index contributed by atoms with van der Waals surface area (Å²) in [5.74, 6) is -4.37. The van der Waals surface area contributed by atoms with Crippen molar-refractivity contribution >= 4 is 35.9 Å². The predicted molar refractivity (Wildman–Crippen MR) is 181 cm³/mol. The largest absolute Gasteiger partial charge is 0.480 e. The van der Waals surface area contributed by atoms with E-state index in [2.05, 4.69) is 5.32 Å². The Bertz CT molecular complexity index is 1780. The molecule has 0 aromatic heterocycles. The number of alkyl carbamates (subject to hydrolysis) is 1. The molecule has 2 N–H and O–H groups in total. The van der Waals surface area contributed by atoms with E-state index in [-0.39, 0.29) is 25.6 Å². The molecule has 1 aliphatic heterocycles. The molecule has 52 heavy (non-hydrogen) atoms. The van der Waals surface area contributed by atoms with Crippen LogP contribution in [0, 0.1) is 0 Å². The molecule has 0 spiro atoms. The fourth-order valence-corrected chi connectivity index (χ4v) is 6.56. The first-order valence-corrected chi connectivity index (χ1v) is 16.6. The summed E-state index contributed by atoms with van der Waals surface area (Å²) in [7, 11) is 0. The zero-order chi connectivity index (χ0) is 37.5. The van der Waals surface area contributed by atoms with Gasteiger partial charge in [0.15, 0.2) is 18.3 Å². The number of benzene rings is 3. The fourth-order valence-electron chi connectivity index (χ4n) is 6.56. The zero-order valence-corrected chi connectivity index (χ0v) is 28.9. The van der Waals surface area contributed by atoms with E-state index in [0.29, 0.717) is 11.1 Å². The quantitative estimate of drug-likeness (QED) is 0.202. The molecule has 0 unspecified atom stereocenters. The summed E-state index contributed by atoms with van der Waals surface area (Å²) in [5, 5.41) is 12.4. The molecule has 1 heterocycles. The lowest BCUT2D eigenvalue weighted by atomic mass is 9.89. The number of esters is 4. The number of aliphatic carboxylic acids is 1. The van der Waals surface area contributed by atoms with E-state index in [9.17, 15) is 33.9 Å². The van der Waals surface area contributed by atoms with E-state index >= 15 is 0 Å². The second kappa shape index (κ2) is 16.5. The maximum Gasteiger partial charge on any atom is 0.407 e. The van der Waals surface area contributed by atoms with Crippen LogP contribution in [0.4, 0.5) is 4.79 Å². The maximum atomic E-state index is 12.9.